The van der Waals surface area contributed by atoms with E-state index in [0.717, 1.165) is 37.8 Å². The van der Waals surface area contributed by atoms with Gasteiger partial charge in [0.2, 0.25) is 0 Å². The zero-order valence-electron chi connectivity index (χ0n) is 10.7. The van der Waals surface area contributed by atoms with Crippen LogP contribution in [0.3, 0.4) is 0 Å². The number of anilines is 1. The molecule has 1 aromatic carbocycles. The summed E-state index contributed by atoms with van der Waals surface area (Å²) in [5.74, 6) is -0.556. The Balaban J connectivity index is 2.63. The minimum atomic E-state index is -3.41. The van der Waals surface area contributed by atoms with Crippen molar-refractivity contribution in [2.45, 2.75) is 43.9 Å². The summed E-state index contributed by atoms with van der Waals surface area (Å²) in [5.41, 5.74) is 5.58. The number of rotatable bonds is 7. The van der Waals surface area contributed by atoms with Gasteiger partial charge in [-0.15, -0.1) is 0 Å². The fourth-order valence-electron chi connectivity index (χ4n) is 1.78. The Kier molecular flexibility index (Phi) is 5.59. The van der Waals surface area contributed by atoms with E-state index in [0.29, 0.717) is 6.42 Å². The highest BCUT2D eigenvalue weighted by molar-refractivity contribution is 7.91. The predicted octanol–water partition coefficient (Wildman–Crippen LogP) is 3.15. The van der Waals surface area contributed by atoms with E-state index in [1.807, 2.05) is 0 Å². The van der Waals surface area contributed by atoms with Crippen molar-refractivity contribution in [3.63, 3.8) is 0 Å². The fourth-order valence-corrected chi connectivity index (χ4v) is 3.21. The van der Waals surface area contributed by atoms with Crippen molar-refractivity contribution in [1.29, 1.82) is 0 Å². The SMILES string of the molecule is CCCCCCCS(=O)(=O)c1cc(N)cc(F)c1. The Labute approximate surface area is 108 Å². The third-order valence-corrected chi connectivity index (χ3v) is 4.55. The van der Waals surface area contributed by atoms with Gasteiger partial charge in [-0.05, 0) is 24.6 Å². The number of hydrogen-bond acceptors (Lipinski definition) is 3. The number of benzene rings is 1. The smallest absolute Gasteiger partial charge is 0.178 e. The molecule has 2 N–H and O–H groups in total. The van der Waals surface area contributed by atoms with Crippen molar-refractivity contribution >= 4 is 15.5 Å². The Bertz CT molecular complexity index is 466. The predicted molar refractivity (Wildman–Crippen MR) is 71.6 cm³/mol. The first-order valence-corrected chi connectivity index (χ1v) is 7.90. The summed E-state index contributed by atoms with van der Waals surface area (Å²) >= 11 is 0. The first kappa shape index (κ1) is 15.0. The molecule has 0 amide bonds. The van der Waals surface area contributed by atoms with Gasteiger partial charge in [0.05, 0.1) is 10.6 Å². The average molecular weight is 273 g/mol. The third kappa shape index (κ3) is 4.64. The molecular formula is C13H20FNO2S. The van der Waals surface area contributed by atoms with Crippen molar-refractivity contribution in [3.8, 4) is 0 Å². The van der Waals surface area contributed by atoms with Gasteiger partial charge in [-0.2, -0.15) is 0 Å². The standard InChI is InChI=1S/C13H20FNO2S/c1-2-3-4-5-6-7-18(16,17)13-9-11(14)8-12(15)10-13/h8-10H,2-7,15H2,1H3. The van der Waals surface area contributed by atoms with Gasteiger partial charge in [0.25, 0.3) is 0 Å². The maximum absolute atomic E-state index is 13.1. The van der Waals surface area contributed by atoms with Gasteiger partial charge in [-0.3, -0.25) is 0 Å². The van der Waals surface area contributed by atoms with E-state index in [1.54, 1.807) is 0 Å². The molecule has 0 fully saturated rings. The molecular weight excluding hydrogens is 253 g/mol. The molecule has 0 aliphatic heterocycles. The topological polar surface area (TPSA) is 60.2 Å². The molecule has 0 atom stereocenters. The minimum absolute atomic E-state index is 0.0181. The number of halogens is 1. The first-order chi connectivity index (χ1) is 8.45. The van der Waals surface area contributed by atoms with Crippen LogP contribution in [0.15, 0.2) is 23.1 Å². The fraction of sp³-hybridized carbons (Fsp3) is 0.538. The van der Waals surface area contributed by atoms with E-state index < -0.39 is 15.7 Å². The average Bonchev–Trinajstić information content (AvgIpc) is 2.27. The van der Waals surface area contributed by atoms with Gasteiger partial charge in [0.1, 0.15) is 5.82 Å². The van der Waals surface area contributed by atoms with Crippen LogP contribution in [0.2, 0.25) is 0 Å². The van der Waals surface area contributed by atoms with Crippen LogP contribution in [0.4, 0.5) is 10.1 Å². The zero-order valence-corrected chi connectivity index (χ0v) is 11.5. The van der Waals surface area contributed by atoms with E-state index in [9.17, 15) is 12.8 Å². The molecule has 0 unspecified atom stereocenters. The lowest BCUT2D eigenvalue weighted by molar-refractivity contribution is 0.583. The maximum Gasteiger partial charge on any atom is 0.178 e. The van der Waals surface area contributed by atoms with Crippen molar-refractivity contribution in [2.75, 3.05) is 11.5 Å². The van der Waals surface area contributed by atoms with E-state index in [-0.39, 0.29) is 16.3 Å². The summed E-state index contributed by atoms with van der Waals surface area (Å²) in [7, 11) is -3.41. The van der Waals surface area contributed by atoms with Gasteiger partial charge in [-0.25, -0.2) is 12.8 Å². The molecule has 1 rings (SSSR count). The van der Waals surface area contributed by atoms with Gasteiger partial charge < -0.3 is 5.73 Å². The van der Waals surface area contributed by atoms with Crippen LogP contribution in [0, 0.1) is 5.82 Å². The molecule has 18 heavy (non-hydrogen) atoms. The summed E-state index contributed by atoms with van der Waals surface area (Å²) in [4.78, 5) is -0.0181. The lowest BCUT2D eigenvalue weighted by Crippen LogP contribution is -2.08. The Morgan fingerprint density at radius 1 is 1.11 bits per heavy atom. The molecule has 3 nitrogen and oxygen atoms in total. The van der Waals surface area contributed by atoms with E-state index in [1.165, 1.54) is 6.07 Å². The highest BCUT2D eigenvalue weighted by atomic mass is 32.2. The van der Waals surface area contributed by atoms with E-state index >= 15 is 0 Å². The number of nitrogen functional groups attached to an aromatic ring is 1. The highest BCUT2D eigenvalue weighted by Gasteiger charge is 2.15. The van der Waals surface area contributed by atoms with Crippen molar-refractivity contribution < 1.29 is 12.8 Å². The number of sulfone groups is 1. The lowest BCUT2D eigenvalue weighted by atomic mass is 10.2. The quantitative estimate of drug-likeness (QED) is 0.613. The molecule has 0 aliphatic carbocycles. The second-order valence-corrected chi connectivity index (χ2v) is 6.56. The van der Waals surface area contributed by atoms with Crippen LogP contribution in [0.25, 0.3) is 0 Å². The summed E-state index contributed by atoms with van der Waals surface area (Å²) in [6, 6.07) is 3.45. The largest absolute Gasteiger partial charge is 0.399 e. The highest BCUT2D eigenvalue weighted by Crippen LogP contribution is 2.18. The van der Waals surface area contributed by atoms with Crippen molar-refractivity contribution in [1.82, 2.24) is 0 Å². The summed E-state index contributed by atoms with van der Waals surface area (Å²) in [5, 5.41) is 0. The molecule has 1 aromatic rings. The number of hydrogen-bond donors (Lipinski definition) is 1. The minimum Gasteiger partial charge on any atom is -0.399 e. The molecule has 0 saturated carbocycles. The van der Waals surface area contributed by atoms with Gasteiger partial charge in [0.15, 0.2) is 9.84 Å². The Hall–Kier alpha value is -1.10. The summed E-state index contributed by atoms with van der Waals surface area (Å²) in [6.07, 6.45) is 4.77. The van der Waals surface area contributed by atoms with Crippen molar-refractivity contribution in [3.05, 3.63) is 24.0 Å². The Morgan fingerprint density at radius 3 is 2.39 bits per heavy atom. The molecule has 0 radical (unpaired) electrons. The molecule has 0 heterocycles. The van der Waals surface area contributed by atoms with Crippen LogP contribution < -0.4 is 5.73 Å². The van der Waals surface area contributed by atoms with Gasteiger partial charge >= 0.3 is 0 Å². The zero-order chi connectivity index (χ0) is 13.6. The third-order valence-electron chi connectivity index (χ3n) is 2.77. The van der Waals surface area contributed by atoms with Crippen LogP contribution in [-0.4, -0.2) is 14.2 Å². The van der Waals surface area contributed by atoms with Crippen LogP contribution in [-0.2, 0) is 9.84 Å². The Morgan fingerprint density at radius 2 is 1.78 bits per heavy atom. The monoisotopic (exact) mass is 273 g/mol. The normalized spacial score (nSPS) is 11.7. The number of nitrogens with two attached hydrogens (primary N) is 1. The molecule has 0 bridgehead atoms. The van der Waals surface area contributed by atoms with Gasteiger partial charge in [0, 0.05) is 5.69 Å². The second-order valence-electron chi connectivity index (χ2n) is 4.45. The maximum atomic E-state index is 13.1. The first-order valence-electron chi connectivity index (χ1n) is 6.24. The lowest BCUT2D eigenvalue weighted by Gasteiger charge is -2.05. The second kappa shape index (κ2) is 6.73. The molecule has 0 spiro atoms. The van der Waals surface area contributed by atoms with E-state index in [4.69, 9.17) is 5.73 Å². The van der Waals surface area contributed by atoms with Crippen molar-refractivity contribution in [2.24, 2.45) is 0 Å². The van der Waals surface area contributed by atoms with E-state index in [2.05, 4.69) is 6.92 Å². The van der Waals surface area contributed by atoms with Crippen LogP contribution in [0.5, 0.6) is 0 Å². The summed E-state index contributed by atoms with van der Waals surface area (Å²) < 4.78 is 37.0. The number of unbranched alkanes of at least 4 members (excludes halogenated alkanes) is 4. The van der Waals surface area contributed by atoms with Crippen LogP contribution >= 0.6 is 0 Å². The van der Waals surface area contributed by atoms with Crippen LogP contribution in [0.1, 0.15) is 39.0 Å². The molecule has 0 aliphatic rings. The summed E-state index contributed by atoms with van der Waals surface area (Å²) in [6.45, 7) is 2.10. The molecule has 0 aromatic heterocycles. The molecule has 5 heteroatoms. The molecule has 102 valence electrons. The van der Waals surface area contributed by atoms with Gasteiger partial charge in [-0.1, -0.05) is 32.6 Å². The molecule has 0 saturated heterocycles.